The number of nitrogens with zero attached hydrogens (tertiary/aromatic N) is 2. The molecule has 1 saturated heterocycles. The minimum atomic E-state index is -0.873. The highest BCUT2D eigenvalue weighted by Crippen LogP contribution is 2.33. The minimum absolute atomic E-state index is 0.192. The fourth-order valence-corrected chi connectivity index (χ4v) is 2.95. The topological polar surface area (TPSA) is 86.3 Å². The van der Waals surface area contributed by atoms with Gasteiger partial charge in [0.25, 0.3) is 5.91 Å². The average molecular weight is 299 g/mol. The Morgan fingerprint density at radius 2 is 2.00 bits per heavy atom. The molecular weight excluding hydrogens is 282 g/mol. The third-order valence-electron chi connectivity index (χ3n) is 4.08. The van der Waals surface area contributed by atoms with Crippen molar-refractivity contribution < 1.29 is 14.7 Å². The lowest BCUT2D eigenvalue weighted by Crippen LogP contribution is -2.30. The molecule has 114 valence electrons. The minimum Gasteiger partial charge on any atom is -0.481 e. The number of aliphatic carboxylic acids is 1. The Kier molecular flexibility index (Phi) is 3.66. The van der Waals surface area contributed by atoms with Crippen LogP contribution in [0.5, 0.6) is 0 Å². The van der Waals surface area contributed by atoms with Gasteiger partial charge in [-0.05, 0) is 18.6 Å². The van der Waals surface area contributed by atoms with E-state index in [1.165, 1.54) is 0 Å². The molecule has 2 N–H and O–H groups in total. The van der Waals surface area contributed by atoms with Gasteiger partial charge in [-0.2, -0.15) is 5.10 Å². The second-order valence-electron chi connectivity index (χ2n) is 5.61. The molecule has 2 aromatic rings. The number of aromatic amines is 1. The van der Waals surface area contributed by atoms with Gasteiger partial charge in [-0.3, -0.25) is 14.7 Å². The maximum absolute atomic E-state index is 12.5. The molecule has 1 aliphatic rings. The zero-order chi connectivity index (χ0) is 15.7. The summed E-state index contributed by atoms with van der Waals surface area (Å²) in [6.07, 6.45) is 0. The van der Waals surface area contributed by atoms with E-state index >= 15 is 0 Å². The first-order valence-electron chi connectivity index (χ1n) is 7.15. The molecule has 3 rings (SSSR count). The van der Waals surface area contributed by atoms with Crippen LogP contribution in [0.3, 0.4) is 0 Å². The highest BCUT2D eigenvalue weighted by Gasteiger charge is 2.40. The van der Waals surface area contributed by atoms with Crippen molar-refractivity contribution in [3.8, 4) is 0 Å². The standard InChI is InChI=1S/C16H17N3O3/c1-10-7-14(18-17-10)15(20)19-8-12(13(9-19)16(21)22)11-5-3-2-4-6-11/h2-7,12-13H,8-9H2,1H3,(H,17,18)(H,21,22)/t12-,13+/m0/s1. The number of amides is 1. The van der Waals surface area contributed by atoms with E-state index in [0.29, 0.717) is 12.2 Å². The van der Waals surface area contributed by atoms with Crippen LogP contribution in [0.4, 0.5) is 0 Å². The molecule has 0 unspecified atom stereocenters. The normalized spacial score (nSPS) is 21.0. The third-order valence-corrected chi connectivity index (χ3v) is 4.08. The monoisotopic (exact) mass is 299 g/mol. The lowest BCUT2D eigenvalue weighted by atomic mass is 9.89. The molecule has 1 amide bonds. The molecule has 2 atom stereocenters. The van der Waals surface area contributed by atoms with Gasteiger partial charge in [0.15, 0.2) is 0 Å². The van der Waals surface area contributed by atoms with Gasteiger partial charge in [0.05, 0.1) is 5.92 Å². The molecule has 0 aliphatic carbocycles. The van der Waals surface area contributed by atoms with Crippen molar-refractivity contribution in [1.82, 2.24) is 15.1 Å². The number of aromatic nitrogens is 2. The molecule has 0 saturated carbocycles. The molecule has 6 nitrogen and oxygen atoms in total. The quantitative estimate of drug-likeness (QED) is 0.902. The number of hydrogen-bond acceptors (Lipinski definition) is 3. The fourth-order valence-electron chi connectivity index (χ4n) is 2.95. The number of carbonyl (C=O) groups is 2. The van der Waals surface area contributed by atoms with Crippen LogP contribution in [-0.2, 0) is 4.79 Å². The van der Waals surface area contributed by atoms with E-state index in [4.69, 9.17) is 0 Å². The molecule has 0 bridgehead atoms. The molecule has 1 aliphatic heterocycles. The van der Waals surface area contributed by atoms with E-state index < -0.39 is 11.9 Å². The number of rotatable bonds is 3. The van der Waals surface area contributed by atoms with Gasteiger partial charge in [-0.25, -0.2) is 0 Å². The van der Waals surface area contributed by atoms with E-state index in [2.05, 4.69) is 10.2 Å². The maximum atomic E-state index is 12.5. The number of carboxylic acids is 1. The summed E-state index contributed by atoms with van der Waals surface area (Å²) < 4.78 is 0. The predicted octanol–water partition coefficient (Wildman–Crippen LogP) is 1.66. The second-order valence-corrected chi connectivity index (χ2v) is 5.61. The van der Waals surface area contributed by atoms with Crippen molar-refractivity contribution in [3.63, 3.8) is 0 Å². The van der Waals surface area contributed by atoms with Gasteiger partial charge in [0.2, 0.25) is 0 Å². The Bertz CT molecular complexity index is 696. The summed E-state index contributed by atoms with van der Waals surface area (Å²) >= 11 is 0. The Hall–Kier alpha value is -2.63. The summed E-state index contributed by atoms with van der Waals surface area (Å²) in [5.41, 5.74) is 2.08. The highest BCUT2D eigenvalue weighted by atomic mass is 16.4. The molecule has 0 spiro atoms. The summed E-state index contributed by atoms with van der Waals surface area (Å²) in [5.74, 6) is -1.88. The van der Waals surface area contributed by atoms with Crippen LogP contribution < -0.4 is 0 Å². The van der Waals surface area contributed by atoms with E-state index in [1.54, 1.807) is 11.0 Å². The lowest BCUT2D eigenvalue weighted by Gasteiger charge is -2.15. The van der Waals surface area contributed by atoms with E-state index in [9.17, 15) is 14.7 Å². The van der Waals surface area contributed by atoms with Crippen LogP contribution >= 0.6 is 0 Å². The first kappa shape index (κ1) is 14.3. The van der Waals surface area contributed by atoms with Crippen LogP contribution in [0.1, 0.15) is 27.7 Å². The molecule has 0 radical (unpaired) electrons. The Morgan fingerprint density at radius 1 is 1.27 bits per heavy atom. The fraction of sp³-hybridized carbons (Fsp3) is 0.312. The zero-order valence-corrected chi connectivity index (χ0v) is 12.2. The number of aryl methyl sites for hydroxylation is 1. The molecule has 1 aromatic carbocycles. The van der Waals surface area contributed by atoms with Crippen molar-refractivity contribution in [2.24, 2.45) is 5.92 Å². The molecular formula is C16H17N3O3. The largest absolute Gasteiger partial charge is 0.481 e. The van der Waals surface area contributed by atoms with Crippen molar-refractivity contribution in [1.29, 1.82) is 0 Å². The van der Waals surface area contributed by atoms with Crippen LogP contribution in [0.2, 0.25) is 0 Å². The SMILES string of the molecule is Cc1cc(C(=O)N2C[C@@H](C(=O)O)[C@H](c3ccccc3)C2)n[nH]1. The Labute approximate surface area is 127 Å². The lowest BCUT2D eigenvalue weighted by molar-refractivity contribution is -0.141. The van der Waals surface area contributed by atoms with E-state index in [1.807, 2.05) is 37.3 Å². The number of hydrogen-bond donors (Lipinski definition) is 2. The number of benzene rings is 1. The van der Waals surface area contributed by atoms with Crippen molar-refractivity contribution in [2.45, 2.75) is 12.8 Å². The highest BCUT2D eigenvalue weighted by molar-refractivity contribution is 5.93. The summed E-state index contributed by atoms with van der Waals surface area (Å²) in [4.78, 5) is 25.6. The second kappa shape index (κ2) is 5.63. The van der Waals surface area contributed by atoms with Gasteiger partial charge in [0, 0.05) is 24.7 Å². The summed E-state index contributed by atoms with van der Waals surface area (Å²) in [7, 11) is 0. The van der Waals surface area contributed by atoms with Crippen LogP contribution in [0.15, 0.2) is 36.4 Å². The van der Waals surface area contributed by atoms with Gasteiger partial charge in [-0.1, -0.05) is 30.3 Å². The molecule has 1 fully saturated rings. The Balaban J connectivity index is 1.84. The molecule has 1 aromatic heterocycles. The van der Waals surface area contributed by atoms with Gasteiger partial charge >= 0.3 is 5.97 Å². The first-order chi connectivity index (χ1) is 10.6. The van der Waals surface area contributed by atoms with Crippen LogP contribution in [0.25, 0.3) is 0 Å². The molecule has 2 heterocycles. The molecule has 6 heteroatoms. The van der Waals surface area contributed by atoms with Gasteiger partial charge in [0.1, 0.15) is 5.69 Å². The number of nitrogens with one attached hydrogen (secondary N) is 1. The Morgan fingerprint density at radius 3 is 2.59 bits per heavy atom. The van der Waals surface area contributed by atoms with Gasteiger partial charge in [-0.15, -0.1) is 0 Å². The average Bonchev–Trinajstić information content (AvgIpc) is 3.14. The zero-order valence-electron chi connectivity index (χ0n) is 12.2. The maximum Gasteiger partial charge on any atom is 0.308 e. The van der Waals surface area contributed by atoms with Crippen LogP contribution in [-0.4, -0.2) is 45.2 Å². The summed E-state index contributed by atoms with van der Waals surface area (Å²) in [6.45, 7) is 2.42. The summed E-state index contributed by atoms with van der Waals surface area (Å²) in [5, 5.41) is 16.2. The summed E-state index contributed by atoms with van der Waals surface area (Å²) in [6, 6.07) is 11.2. The van der Waals surface area contributed by atoms with Crippen molar-refractivity contribution in [2.75, 3.05) is 13.1 Å². The molecule has 22 heavy (non-hydrogen) atoms. The predicted molar refractivity (Wildman–Crippen MR) is 79.5 cm³/mol. The third kappa shape index (κ3) is 2.59. The first-order valence-corrected chi connectivity index (χ1v) is 7.15. The number of likely N-dealkylation sites (tertiary alicyclic amines) is 1. The van der Waals surface area contributed by atoms with Crippen LogP contribution in [0, 0.1) is 12.8 Å². The van der Waals surface area contributed by atoms with Gasteiger partial charge < -0.3 is 10.0 Å². The number of H-pyrrole nitrogens is 1. The van der Waals surface area contributed by atoms with E-state index in [0.717, 1.165) is 11.3 Å². The smallest absolute Gasteiger partial charge is 0.308 e. The number of carbonyl (C=O) groups excluding carboxylic acids is 1. The van der Waals surface area contributed by atoms with Crippen molar-refractivity contribution in [3.05, 3.63) is 53.3 Å². The van der Waals surface area contributed by atoms with Crippen molar-refractivity contribution >= 4 is 11.9 Å². The van der Waals surface area contributed by atoms with E-state index in [-0.39, 0.29) is 18.4 Å². The number of carboxylic acid groups (broad SMARTS) is 1.